The second kappa shape index (κ2) is 11.1. The molecule has 0 aliphatic rings. The molecule has 4 aromatic carbocycles. The van der Waals surface area contributed by atoms with Crippen molar-refractivity contribution >= 4 is 0 Å². The summed E-state index contributed by atoms with van der Waals surface area (Å²) in [6.45, 7) is 4.20. The molecule has 0 aliphatic heterocycles. The Morgan fingerprint density at radius 2 is 1.21 bits per heavy atom. The van der Waals surface area contributed by atoms with Crippen LogP contribution in [0, 0.1) is 11.6 Å². The number of benzene rings is 4. The van der Waals surface area contributed by atoms with E-state index in [0.29, 0.717) is 24.3 Å². The van der Waals surface area contributed by atoms with Gasteiger partial charge in [0.05, 0.1) is 6.61 Å². The molecule has 1 nitrogen and oxygen atoms in total. The van der Waals surface area contributed by atoms with Gasteiger partial charge in [0.2, 0.25) is 0 Å². The van der Waals surface area contributed by atoms with E-state index in [1.54, 1.807) is 6.92 Å². The fourth-order valence-corrected chi connectivity index (χ4v) is 4.28. The standard InChI is InChI=1S/C31H30F2O/c1-3-34-31-29(32)20-25(21-30(31)33)10-9-23-11-15-27(16-12-23)28-17-13-24(14-18-28)19-22(2)26-7-5-4-6-8-26/h4-8,11-18,20-22H,3,9-10,19H2,1-2H3/t22-/m1/s1. The lowest BCUT2D eigenvalue weighted by atomic mass is 9.93. The van der Waals surface area contributed by atoms with Crippen LogP contribution in [0.4, 0.5) is 8.78 Å². The van der Waals surface area contributed by atoms with E-state index >= 15 is 0 Å². The van der Waals surface area contributed by atoms with Gasteiger partial charge in [-0.25, -0.2) is 8.78 Å². The number of hydrogen-bond acceptors (Lipinski definition) is 1. The van der Waals surface area contributed by atoms with E-state index < -0.39 is 11.6 Å². The summed E-state index contributed by atoms with van der Waals surface area (Å²) >= 11 is 0. The zero-order valence-electron chi connectivity index (χ0n) is 19.7. The first-order valence-electron chi connectivity index (χ1n) is 11.9. The van der Waals surface area contributed by atoms with E-state index in [2.05, 4.69) is 85.8 Å². The number of rotatable bonds is 9. The Labute approximate surface area is 201 Å². The van der Waals surface area contributed by atoms with Gasteiger partial charge in [0.1, 0.15) is 0 Å². The Morgan fingerprint density at radius 1 is 0.676 bits per heavy atom. The lowest BCUT2D eigenvalue weighted by Gasteiger charge is -2.12. The van der Waals surface area contributed by atoms with Crippen molar-refractivity contribution in [2.75, 3.05) is 6.61 Å². The average Bonchev–Trinajstić information content (AvgIpc) is 2.86. The van der Waals surface area contributed by atoms with Crippen LogP contribution in [0.2, 0.25) is 0 Å². The van der Waals surface area contributed by atoms with Crippen molar-refractivity contribution in [3.8, 4) is 16.9 Å². The molecule has 0 aromatic heterocycles. The van der Waals surface area contributed by atoms with Crippen LogP contribution < -0.4 is 4.74 Å². The van der Waals surface area contributed by atoms with Gasteiger partial charge < -0.3 is 4.74 Å². The molecule has 0 aliphatic carbocycles. The van der Waals surface area contributed by atoms with Gasteiger partial charge >= 0.3 is 0 Å². The van der Waals surface area contributed by atoms with Crippen LogP contribution in [0.15, 0.2) is 91.0 Å². The Balaban J connectivity index is 1.36. The van der Waals surface area contributed by atoms with Crippen LogP contribution >= 0.6 is 0 Å². The summed E-state index contributed by atoms with van der Waals surface area (Å²) in [6.07, 6.45) is 2.29. The minimum absolute atomic E-state index is 0.231. The molecule has 0 spiro atoms. The average molecular weight is 457 g/mol. The van der Waals surface area contributed by atoms with Crippen molar-refractivity contribution in [2.45, 2.75) is 39.0 Å². The minimum atomic E-state index is -0.645. The van der Waals surface area contributed by atoms with Gasteiger partial charge in [-0.15, -0.1) is 0 Å². The molecule has 0 bridgehead atoms. The molecular formula is C31H30F2O. The third-order valence-electron chi connectivity index (χ3n) is 6.20. The molecule has 1 atom stereocenters. The van der Waals surface area contributed by atoms with Crippen molar-refractivity contribution in [3.63, 3.8) is 0 Å². The van der Waals surface area contributed by atoms with Crippen molar-refractivity contribution in [2.24, 2.45) is 0 Å². The van der Waals surface area contributed by atoms with Gasteiger partial charge in [0, 0.05) is 0 Å². The molecule has 174 valence electrons. The minimum Gasteiger partial charge on any atom is -0.488 e. The van der Waals surface area contributed by atoms with E-state index in [-0.39, 0.29) is 12.4 Å². The summed E-state index contributed by atoms with van der Waals surface area (Å²) < 4.78 is 33.2. The van der Waals surface area contributed by atoms with Crippen molar-refractivity contribution < 1.29 is 13.5 Å². The first-order valence-corrected chi connectivity index (χ1v) is 11.9. The van der Waals surface area contributed by atoms with Gasteiger partial charge in [0.25, 0.3) is 0 Å². The van der Waals surface area contributed by atoms with Crippen molar-refractivity contribution in [1.82, 2.24) is 0 Å². The molecule has 3 heteroatoms. The summed E-state index contributed by atoms with van der Waals surface area (Å²) in [7, 11) is 0. The smallest absolute Gasteiger partial charge is 0.190 e. The number of ether oxygens (including phenoxy) is 1. The van der Waals surface area contributed by atoms with Crippen LogP contribution in [0.3, 0.4) is 0 Å². The molecule has 4 rings (SSSR count). The van der Waals surface area contributed by atoms with Gasteiger partial charge in [-0.1, -0.05) is 85.8 Å². The normalized spacial score (nSPS) is 11.9. The zero-order valence-corrected chi connectivity index (χ0v) is 19.7. The molecule has 0 radical (unpaired) electrons. The van der Waals surface area contributed by atoms with Crippen molar-refractivity contribution in [3.05, 3.63) is 125 Å². The lowest BCUT2D eigenvalue weighted by Crippen LogP contribution is -2.00. The van der Waals surface area contributed by atoms with E-state index in [4.69, 9.17) is 4.74 Å². The summed E-state index contributed by atoms with van der Waals surface area (Å²) in [5, 5.41) is 0. The summed E-state index contributed by atoms with van der Waals surface area (Å²) in [5.41, 5.74) is 6.78. The molecule has 0 fully saturated rings. The number of hydrogen-bond donors (Lipinski definition) is 0. The maximum atomic E-state index is 14.1. The highest BCUT2D eigenvalue weighted by Crippen LogP contribution is 2.26. The number of aryl methyl sites for hydroxylation is 2. The van der Waals surface area contributed by atoms with Crippen LogP contribution in [0.25, 0.3) is 11.1 Å². The highest BCUT2D eigenvalue weighted by molar-refractivity contribution is 5.64. The van der Waals surface area contributed by atoms with Crippen LogP contribution in [0.1, 0.15) is 42.0 Å². The van der Waals surface area contributed by atoms with Crippen LogP contribution in [-0.2, 0) is 19.3 Å². The Kier molecular flexibility index (Phi) is 7.74. The monoisotopic (exact) mass is 456 g/mol. The first-order chi connectivity index (χ1) is 16.5. The molecule has 0 amide bonds. The maximum Gasteiger partial charge on any atom is 0.190 e. The van der Waals surface area contributed by atoms with E-state index in [9.17, 15) is 8.78 Å². The summed E-state index contributed by atoms with van der Waals surface area (Å²) in [5.74, 6) is -1.11. The van der Waals surface area contributed by atoms with Gasteiger partial charge in [-0.05, 0) is 77.6 Å². The fourth-order valence-electron chi connectivity index (χ4n) is 4.28. The topological polar surface area (TPSA) is 9.23 Å². The molecule has 4 aromatic rings. The largest absolute Gasteiger partial charge is 0.488 e. The van der Waals surface area contributed by atoms with Gasteiger partial charge in [-0.2, -0.15) is 0 Å². The van der Waals surface area contributed by atoms with E-state index in [1.807, 2.05) is 0 Å². The molecule has 34 heavy (non-hydrogen) atoms. The Hall–Kier alpha value is -3.46. The number of halogens is 2. The zero-order chi connectivity index (χ0) is 23.9. The molecule has 0 saturated carbocycles. The van der Waals surface area contributed by atoms with Crippen molar-refractivity contribution in [1.29, 1.82) is 0 Å². The van der Waals surface area contributed by atoms with E-state index in [0.717, 1.165) is 17.5 Å². The lowest BCUT2D eigenvalue weighted by molar-refractivity contribution is 0.302. The SMILES string of the molecule is CCOc1c(F)cc(CCc2ccc(-c3ccc(C[C@@H](C)c4ccccc4)cc3)cc2)cc1F. The fraction of sp³-hybridized carbons (Fsp3) is 0.226. The Morgan fingerprint density at radius 3 is 1.76 bits per heavy atom. The molecule has 0 heterocycles. The third kappa shape index (κ3) is 5.91. The van der Waals surface area contributed by atoms with Crippen LogP contribution in [-0.4, -0.2) is 6.61 Å². The molecule has 0 N–H and O–H groups in total. The quantitative estimate of drug-likeness (QED) is 0.247. The second-order valence-electron chi connectivity index (χ2n) is 8.73. The summed E-state index contributed by atoms with van der Waals surface area (Å²) in [6, 6.07) is 30.5. The molecular weight excluding hydrogens is 426 g/mol. The Bertz CT molecular complexity index is 1180. The third-order valence-corrected chi connectivity index (χ3v) is 6.20. The first kappa shape index (κ1) is 23.7. The van der Waals surface area contributed by atoms with Gasteiger partial charge in [0.15, 0.2) is 17.4 Å². The van der Waals surface area contributed by atoms with Gasteiger partial charge in [-0.3, -0.25) is 0 Å². The highest BCUT2D eigenvalue weighted by Gasteiger charge is 2.12. The second-order valence-corrected chi connectivity index (χ2v) is 8.73. The van der Waals surface area contributed by atoms with E-state index in [1.165, 1.54) is 28.8 Å². The predicted octanol–water partition coefficient (Wildman–Crippen LogP) is 8.16. The molecule has 0 saturated heterocycles. The maximum absolute atomic E-state index is 14.1. The molecule has 0 unspecified atom stereocenters. The highest BCUT2D eigenvalue weighted by atomic mass is 19.1. The predicted molar refractivity (Wildman–Crippen MR) is 135 cm³/mol. The van der Waals surface area contributed by atoms with Crippen LogP contribution in [0.5, 0.6) is 5.75 Å². The summed E-state index contributed by atoms with van der Waals surface area (Å²) in [4.78, 5) is 0.